The molecule has 1 N–H and O–H groups in total. The van der Waals surface area contributed by atoms with Gasteiger partial charge in [-0.1, -0.05) is 24.6 Å². The van der Waals surface area contributed by atoms with Crippen LogP contribution in [-0.4, -0.2) is 11.5 Å². The lowest BCUT2D eigenvalue weighted by molar-refractivity contribution is 0.290. The second-order valence-electron chi connectivity index (χ2n) is 4.72. The standard InChI is InChI=1S/C16H18ClFN2O/c1-3-20-11(2)12-4-5-16(15(18)8-12)21-10-13-6-7-19-9-14(13)17/h4-9,11,20H,3,10H2,1-2H3. The van der Waals surface area contributed by atoms with Crippen molar-refractivity contribution in [2.45, 2.75) is 26.5 Å². The van der Waals surface area contributed by atoms with Crippen LogP contribution in [0, 0.1) is 5.82 Å². The van der Waals surface area contributed by atoms with Crippen molar-refractivity contribution in [3.8, 4) is 5.75 Å². The van der Waals surface area contributed by atoms with Gasteiger partial charge in [0.25, 0.3) is 0 Å². The Morgan fingerprint density at radius 1 is 1.38 bits per heavy atom. The van der Waals surface area contributed by atoms with E-state index in [4.69, 9.17) is 16.3 Å². The first-order chi connectivity index (χ1) is 10.1. The monoisotopic (exact) mass is 308 g/mol. The Bertz CT molecular complexity index is 607. The summed E-state index contributed by atoms with van der Waals surface area (Å²) in [6.45, 7) is 5.06. The number of pyridine rings is 1. The van der Waals surface area contributed by atoms with Gasteiger partial charge in [0, 0.05) is 24.0 Å². The maximum Gasteiger partial charge on any atom is 0.165 e. The molecule has 0 aliphatic heterocycles. The van der Waals surface area contributed by atoms with Gasteiger partial charge in [-0.3, -0.25) is 4.98 Å². The van der Waals surface area contributed by atoms with Crippen molar-refractivity contribution >= 4 is 11.6 Å². The summed E-state index contributed by atoms with van der Waals surface area (Å²) in [5.41, 5.74) is 1.67. The summed E-state index contributed by atoms with van der Waals surface area (Å²) in [5, 5.41) is 3.75. The van der Waals surface area contributed by atoms with Crippen LogP contribution in [0.3, 0.4) is 0 Å². The van der Waals surface area contributed by atoms with Crippen molar-refractivity contribution in [3.63, 3.8) is 0 Å². The van der Waals surface area contributed by atoms with Gasteiger partial charge in [-0.25, -0.2) is 4.39 Å². The number of nitrogens with zero attached hydrogens (tertiary/aromatic N) is 1. The molecular formula is C16H18ClFN2O. The van der Waals surface area contributed by atoms with E-state index in [-0.39, 0.29) is 24.2 Å². The molecule has 1 heterocycles. The van der Waals surface area contributed by atoms with E-state index in [0.29, 0.717) is 5.02 Å². The van der Waals surface area contributed by atoms with Crippen molar-refractivity contribution in [2.75, 3.05) is 6.54 Å². The van der Waals surface area contributed by atoms with Gasteiger partial charge in [0.05, 0.1) is 5.02 Å². The van der Waals surface area contributed by atoms with Crippen molar-refractivity contribution in [2.24, 2.45) is 0 Å². The SMILES string of the molecule is CCNC(C)c1ccc(OCc2ccncc2Cl)c(F)c1. The van der Waals surface area contributed by atoms with Crippen molar-refractivity contribution in [3.05, 3.63) is 58.6 Å². The van der Waals surface area contributed by atoms with Gasteiger partial charge in [-0.2, -0.15) is 0 Å². The highest BCUT2D eigenvalue weighted by atomic mass is 35.5. The van der Waals surface area contributed by atoms with Crippen LogP contribution >= 0.6 is 11.6 Å². The molecule has 1 unspecified atom stereocenters. The lowest BCUT2D eigenvalue weighted by Crippen LogP contribution is -2.17. The van der Waals surface area contributed by atoms with Crippen molar-refractivity contribution < 1.29 is 9.13 Å². The Morgan fingerprint density at radius 3 is 2.86 bits per heavy atom. The molecule has 0 bridgehead atoms. The molecule has 0 saturated heterocycles. The lowest BCUT2D eigenvalue weighted by Gasteiger charge is -2.14. The maximum atomic E-state index is 14.1. The van der Waals surface area contributed by atoms with Crippen molar-refractivity contribution in [1.82, 2.24) is 10.3 Å². The highest BCUT2D eigenvalue weighted by molar-refractivity contribution is 6.31. The Balaban J connectivity index is 2.06. The molecule has 1 atom stereocenters. The van der Waals surface area contributed by atoms with Crippen LogP contribution in [0.5, 0.6) is 5.75 Å². The van der Waals surface area contributed by atoms with Crippen molar-refractivity contribution in [1.29, 1.82) is 0 Å². The zero-order chi connectivity index (χ0) is 15.2. The summed E-state index contributed by atoms with van der Waals surface area (Å²) < 4.78 is 19.5. The van der Waals surface area contributed by atoms with E-state index in [1.165, 1.54) is 12.3 Å². The molecule has 0 aliphatic carbocycles. The van der Waals surface area contributed by atoms with Gasteiger partial charge in [0.1, 0.15) is 6.61 Å². The Labute approximate surface area is 129 Å². The van der Waals surface area contributed by atoms with Crippen LogP contribution in [0.1, 0.15) is 31.0 Å². The van der Waals surface area contributed by atoms with Crippen LogP contribution < -0.4 is 10.1 Å². The fourth-order valence-corrected chi connectivity index (χ4v) is 2.18. The summed E-state index contributed by atoms with van der Waals surface area (Å²) in [5.74, 6) is -0.155. The number of hydrogen-bond donors (Lipinski definition) is 1. The number of aromatic nitrogens is 1. The molecule has 0 amide bonds. The highest BCUT2D eigenvalue weighted by Crippen LogP contribution is 2.24. The third kappa shape index (κ3) is 4.16. The van der Waals surface area contributed by atoms with Crippen LogP contribution in [0.25, 0.3) is 0 Å². The summed E-state index contributed by atoms with van der Waals surface area (Å²) in [6, 6.07) is 6.86. The molecule has 21 heavy (non-hydrogen) atoms. The van der Waals surface area contributed by atoms with Crippen LogP contribution in [0.15, 0.2) is 36.7 Å². The number of nitrogens with one attached hydrogen (secondary N) is 1. The lowest BCUT2D eigenvalue weighted by atomic mass is 10.1. The molecule has 2 rings (SSSR count). The molecular weight excluding hydrogens is 291 g/mol. The molecule has 0 fully saturated rings. The largest absolute Gasteiger partial charge is 0.486 e. The fraction of sp³-hybridized carbons (Fsp3) is 0.312. The zero-order valence-electron chi connectivity index (χ0n) is 12.1. The molecule has 0 spiro atoms. The minimum Gasteiger partial charge on any atom is -0.486 e. The van der Waals surface area contributed by atoms with Gasteiger partial charge in [0.15, 0.2) is 11.6 Å². The molecule has 1 aromatic carbocycles. The van der Waals surface area contributed by atoms with Gasteiger partial charge in [0.2, 0.25) is 0 Å². The Morgan fingerprint density at radius 2 is 2.19 bits per heavy atom. The predicted molar refractivity (Wildman–Crippen MR) is 82.1 cm³/mol. The Kier molecular flexibility index (Phi) is 5.53. The minimum atomic E-state index is -0.373. The van der Waals surface area contributed by atoms with E-state index in [2.05, 4.69) is 10.3 Å². The van der Waals surface area contributed by atoms with E-state index >= 15 is 0 Å². The molecule has 0 radical (unpaired) electrons. The molecule has 2 aromatic rings. The normalized spacial score (nSPS) is 12.2. The highest BCUT2D eigenvalue weighted by Gasteiger charge is 2.10. The number of benzene rings is 1. The average molecular weight is 309 g/mol. The predicted octanol–water partition coefficient (Wildman–Crippen LogP) is 4.12. The average Bonchev–Trinajstić information content (AvgIpc) is 2.47. The molecule has 0 aliphatic rings. The third-order valence-corrected chi connectivity index (χ3v) is 3.55. The van der Waals surface area contributed by atoms with E-state index in [0.717, 1.165) is 17.7 Å². The smallest absolute Gasteiger partial charge is 0.165 e. The Hall–Kier alpha value is -1.65. The fourth-order valence-electron chi connectivity index (χ4n) is 2.00. The number of rotatable bonds is 6. The topological polar surface area (TPSA) is 34.1 Å². The number of hydrogen-bond acceptors (Lipinski definition) is 3. The van der Waals surface area contributed by atoms with Gasteiger partial charge < -0.3 is 10.1 Å². The molecule has 5 heteroatoms. The second kappa shape index (κ2) is 7.38. The summed E-state index contributed by atoms with van der Waals surface area (Å²) in [7, 11) is 0. The van der Waals surface area contributed by atoms with E-state index < -0.39 is 0 Å². The number of ether oxygens (including phenoxy) is 1. The summed E-state index contributed by atoms with van der Waals surface area (Å²) in [6.07, 6.45) is 3.17. The van der Waals surface area contributed by atoms with E-state index in [1.807, 2.05) is 19.9 Å². The van der Waals surface area contributed by atoms with E-state index in [9.17, 15) is 4.39 Å². The van der Waals surface area contributed by atoms with Gasteiger partial charge in [-0.15, -0.1) is 0 Å². The first kappa shape index (κ1) is 15.7. The first-order valence-corrected chi connectivity index (χ1v) is 7.23. The quantitative estimate of drug-likeness (QED) is 0.871. The molecule has 0 saturated carbocycles. The number of halogens is 2. The first-order valence-electron chi connectivity index (χ1n) is 6.85. The second-order valence-corrected chi connectivity index (χ2v) is 5.13. The summed E-state index contributed by atoms with van der Waals surface area (Å²) in [4.78, 5) is 3.90. The van der Waals surface area contributed by atoms with Gasteiger partial charge in [-0.05, 0) is 37.2 Å². The summed E-state index contributed by atoms with van der Waals surface area (Å²) >= 11 is 5.99. The van der Waals surface area contributed by atoms with Crippen LogP contribution in [0.2, 0.25) is 5.02 Å². The molecule has 1 aromatic heterocycles. The third-order valence-electron chi connectivity index (χ3n) is 3.21. The molecule has 112 valence electrons. The van der Waals surface area contributed by atoms with Crippen LogP contribution in [-0.2, 0) is 6.61 Å². The minimum absolute atomic E-state index is 0.105. The molecule has 3 nitrogen and oxygen atoms in total. The zero-order valence-corrected chi connectivity index (χ0v) is 12.8. The van der Waals surface area contributed by atoms with E-state index in [1.54, 1.807) is 18.3 Å². The maximum absolute atomic E-state index is 14.1. The van der Waals surface area contributed by atoms with Gasteiger partial charge >= 0.3 is 0 Å². The van der Waals surface area contributed by atoms with Crippen LogP contribution in [0.4, 0.5) is 4.39 Å².